The van der Waals surface area contributed by atoms with Crippen LogP contribution in [-0.4, -0.2) is 38.4 Å². The molecule has 2 fully saturated rings. The minimum Gasteiger partial charge on any atom is -0.286 e. The van der Waals surface area contributed by atoms with Crippen molar-refractivity contribution < 1.29 is 21.4 Å². The summed E-state index contributed by atoms with van der Waals surface area (Å²) in [6.07, 6.45) is 4.60. The lowest BCUT2D eigenvalue weighted by Gasteiger charge is -2.37. The molecule has 2 bridgehead atoms. The van der Waals surface area contributed by atoms with Crippen molar-refractivity contribution in [1.82, 2.24) is 4.72 Å². The van der Waals surface area contributed by atoms with Crippen LogP contribution in [0.1, 0.15) is 46.0 Å². The smallest absolute Gasteiger partial charge is 0.266 e. The molecule has 0 aromatic rings. The van der Waals surface area contributed by atoms with E-state index in [2.05, 4.69) is 11.6 Å². The van der Waals surface area contributed by atoms with Crippen molar-refractivity contribution in [2.75, 3.05) is 12.3 Å². The Balaban J connectivity index is 2.06. The minimum atomic E-state index is -4.15. The topological polar surface area (TPSA) is 101 Å². The van der Waals surface area contributed by atoms with E-state index in [9.17, 15) is 16.8 Å². The molecule has 0 heterocycles. The maximum Gasteiger partial charge on any atom is 0.266 e. The van der Waals surface area contributed by atoms with Crippen LogP contribution in [0.2, 0.25) is 0 Å². The third-order valence-electron chi connectivity index (χ3n) is 5.18. The van der Waals surface area contributed by atoms with Gasteiger partial charge in [-0.15, -0.1) is 0 Å². The Kier molecular flexibility index (Phi) is 4.74. The quantitative estimate of drug-likeness (QED) is 0.712. The van der Waals surface area contributed by atoms with E-state index in [1.807, 2.05) is 0 Å². The lowest BCUT2D eigenvalue weighted by molar-refractivity contribution is 0.268. The summed E-state index contributed by atoms with van der Waals surface area (Å²) in [6.45, 7) is 3.64. The molecule has 8 heteroatoms. The molecule has 0 spiro atoms. The zero-order chi connectivity index (χ0) is 15.9. The SMILES string of the molecule is CCC1CC2CC1CC(C)(S(=O)(=O)NCCS(=O)(=O)O)C2. The average molecular weight is 339 g/mol. The van der Waals surface area contributed by atoms with Crippen LogP contribution in [0.25, 0.3) is 0 Å². The predicted octanol–water partition coefficient (Wildman–Crippen LogP) is 1.40. The van der Waals surface area contributed by atoms with E-state index in [0.29, 0.717) is 30.6 Å². The fraction of sp³-hybridized carbons (Fsp3) is 1.00. The highest BCUT2D eigenvalue weighted by Crippen LogP contribution is 2.52. The first-order valence-electron chi connectivity index (χ1n) is 7.51. The lowest BCUT2D eigenvalue weighted by Crippen LogP contribution is -2.48. The van der Waals surface area contributed by atoms with Gasteiger partial charge >= 0.3 is 0 Å². The second kappa shape index (κ2) is 5.79. The molecule has 124 valence electrons. The lowest BCUT2D eigenvalue weighted by atomic mass is 9.79. The van der Waals surface area contributed by atoms with Crippen molar-refractivity contribution in [3.8, 4) is 0 Å². The van der Waals surface area contributed by atoms with E-state index in [1.54, 1.807) is 6.92 Å². The van der Waals surface area contributed by atoms with Crippen LogP contribution in [0.4, 0.5) is 0 Å². The molecule has 2 rings (SSSR count). The van der Waals surface area contributed by atoms with Gasteiger partial charge in [0.1, 0.15) is 0 Å². The zero-order valence-electron chi connectivity index (χ0n) is 12.6. The van der Waals surface area contributed by atoms with Crippen LogP contribution >= 0.6 is 0 Å². The Hall–Kier alpha value is -0.180. The van der Waals surface area contributed by atoms with E-state index in [-0.39, 0.29) is 6.54 Å². The number of hydrogen-bond acceptors (Lipinski definition) is 4. The molecular weight excluding hydrogens is 314 g/mol. The van der Waals surface area contributed by atoms with E-state index in [0.717, 1.165) is 19.3 Å². The van der Waals surface area contributed by atoms with Gasteiger partial charge in [-0.1, -0.05) is 13.3 Å². The number of sulfonamides is 1. The number of fused-ring (bicyclic) bond motifs is 2. The molecule has 2 aliphatic carbocycles. The molecule has 4 unspecified atom stereocenters. The molecule has 0 saturated heterocycles. The van der Waals surface area contributed by atoms with Crippen molar-refractivity contribution in [3.63, 3.8) is 0 Å². The maximum atomic E-state index is 12.5. The fourth-order valence-corrected chi connectivity index (χ4v) is 6.30. The normalized spacial score (nSPS) is 36.8. The maximum absolute atomic E-state index is 12.5. The Morgan fingerprint density at radius 1 is 1.19 bits per heavy atom. The van der Waals surface area contributed by atoms with Crippen molar-refractivity contribution in [2.24, 2.45) is 17.8 Å². The van der Waals surface area contributed by atoms with Gasteiger partial charge in [-0.2, -0.15) is 8.42 Å². The molecule has 2 N–H and O–H groups in total. The summed E-state index contributed by atoms with van der Waals surface area (Å²) in [5.74, 6) is 0.936. The molecule has 21 heavy (non-hydrogen) atoms. The molecule has 0 aliphatic heterocycles. The summed E-state index contributed by atoms with van der Waals surface area (Å²) in [5, 5.41) is 0. The molecule has 2 saturated carbocycles. The van der Waals surface area contributed by atoms with Gasteiger partial charge in [0.25, 0.3) is 10.1 Å². The molecule has 0 aromatic carbocycles. The van der Waals surface area contributed by atoms with Gasteiger partial charge in [0, 0.05) is 6.54 Å². The highest BCUT2D eigenvalue weighted by atomic mass is 32.2. The Bertz CT molecular complexity index is 586. The molecule has 6 nitrogen and oxygen atoms in total. The van der Waals surface area contributed by atoms with E-state index in [4.69, 9.17) is 4.55 Å². The summed E-state index contributed by atoms with van der Waals surface area (Å²) in [4.78, 5) is 0. The van der Waals surface area contributed by atoms with Gasteiger partial charge in [-0.3, -0.25) is 4.55 Å². The predicted molar refractivity (Wildman–Crippen MR) is 81.0 cm³/mol. The van der Waals surface area contributed by atoms with Gasteiger partial charge in [-0.05, 0) is 50.4 Å². The van der Waals surface area contributed by atoms with Crippen LogP contribution in [-0.2, 0) is 20.1 Å². The summed E-state index contributed by atoms with van der Waals surface area (Å²) >= 11 is 0. The summed E-state index contributed by atoms with van der Waals surface area (Å²) in [6, 6.07) is 0. The molecule has 0 aromatic heterocycles. The second-order valence-electron chi connectivity index (χ2n) is 6.81. The van der Waals surface area contributed by atoms with Gasteiger partial charge in [0.2, 0.25) is 10.0 Å². The molecular formula is C13H25NO5S2. The standard InChI is InChI=1S/C13H25NO5S2/c1-3-11-6-10-7-12(11)9-13(2,8-10)21(18,19)14-4-5-20(15,16)17/h10-12,14H,3-9H2,1-2H3,(H,15,16,17). The molecule has 2 aliphatic rings. The van der Waals surface area contributed by atoms with Crippen LogP contribution in [0, 0.1) is 17.8 Å². The van der Waals surface area contributed by atoms with Crippen LogP contribution in [0.3, 0.4) is 0 Å². The largest absolute Gasteiger partial charge is 0.286 e. The number of nitrogens with one attached hydrogen (secondary N) is 1. The van der Waals surface area contributed by atoms with E-state index in [1.165, 1.54) is 0 Å². The van der Waals surface area contributed by atoms with Gasteiger partial charge in [0.05, 0.1) is 10.5 Å². The van der Waals surface area contributed by atoms with Crippen molar-refractivity contribution >= 4 is 20.1 Å². The third kappa shape index (κ3) is 3.78. The van der Waals surface area contributed by atoms with Gasteiger partial charge in [0.15, 0.2) is 0 Å². The molecule has 0 amide bonds. The summed E-state index contributed by atoms with van der Waals surface area (Å²) in [7, 11) is -7.73. The molecule has 4 atom stereocenters. The monoisotopic (exact) mass is 339 g/mol. The van der Waals surface area contributed by atoms with Crippen molar-refractivity contribution in [2.45, 2.75) is 50.7 Å². The highest BCUT2D eigenvalue weighted by molar-refractivity contribution is 7.91. The van der Waals surface area contributed by atoms with Crippen LogP contribution in [0.15, 0.2) is 0 Å². The van der Waals surface area contributed by atoms with E-state index < -0.39 is 30.6 Å². The van der Waals surface area contributed by atoms with E-state index >= 15 is 0 Å². The Labute approximate surface area is 127 Å². The zero-order valence-corrected chi connectivity index (χ0v) is 14.2. The third-order valence-corrected chi connectivity index (χ3v) is 8.11. The molecule has 0 radical (unpaired) electrons. The summed E-state index contributed by atoms with van der Waals surface area (Å²) < 4.78 is 56.6. The first kappa shape index (κ1) is 17.2. The Morgan fingerprint density at radius 2 is 1.86 bits per heavy atom. The number of rotatable bonds is 6. The fourth-order valence-electron chi connectivity index (χ4n) is 4.20. The Morgan fingerprint density at radius 3 is 2.43 bits per heavy atom. The highest BCUT2D eigenvalue weighted by Gasteiger charge is 2.51. The average Bonchev–Trinajstić information content (AvgIpc) is 2.62. The van der Waals surface area contributed by atoms with Crippen molar-refractivity contribution in [1.29, 1.82) is 0 Å². The first-order chi connectivity index (χ1) is 9.56. The minimum absolute atomic E-state index is 0.275. The summed E-state index contributed by atoms with van der Waals surface area (Å²) in [5.41, 5.74) is 0. The van der Waals surface area contributed by atoms with Gasteiger partial charge < -0.3 is 0 Å². The number of hydrogen-bond donors (Lipinski definition) is 2. The van der Waals surface area contributed by atoms with Crippen molar-refractivity contribution in [3.05, 3.63) is 0 Å². The van der Waals surface area contributed by atoms with Gasteiger partial charge in [-0.25, -0.2) is 13.1 Å². The second-order valence-corrected chi connectivity index (χ2v) is 10.7. The first-order valence-corrected chi connectivity index (χ1v) is 10.6. The van der Waals surface area contributed by atoms with Crippen LogP contribution in [0.5, 0.6) is 0 Å². The van der Waals surface area contributed by atoms with Crippen LogP contribution < -0.4 is 4.72 Å².